The van der Waals surface area contributed by atoms with Crippen LogP contribution in [0.1, 0.15) is 34.6 Å². The van der Waals surface area contributed by atoms with Gasteiger partial charge in [0, 0.05) is 5.88 Å². The molecule has 0 aromatic heterocycles. The molecule has 0 N–H and O–H groups in total. The van der Waals surface area contributed by atoms with Crippen molar-refractivity contribution >= 4 is 17.5 Å². The Hall–Kier alpha value is -0.240. The Morgan fingerprint density at radius 1 is 1.36 bits per heavy atom. The Morgan fingerprint density at radius 3 is 2.29 bits per heavy atom. The summed E-state index contributed by atoms with van der Waals surface area (Å²) in [6.07, 6.45) is 0. The molecule has 0 spiro atoms. The van der Waals surface area contributed by atoms with Crippen LogP contribution in [0.3, 0.4) is 0 Å². The molecule has 0 amide bonds. The Labute approximate surface area is 91.7 Å². The second-order valence-electron chi connectivity index (χ2n) is 5.64. The van der Waals surface area contributed by atoms with E-state index in [-0.39, 0.29) is 16.9 Å². The average molecular weight is 218 g/mol. The maximum absolute atomic E-state index is 5.87. The van der Waals surface area contributed by atoms with Gasteiger partial charge in [0.15, 0.2) is 5.90 Å². The van der Waals surface area contributed by atoms with Gasteiger partial charge >= 0.3 is 0 Å². The fraction of sp³-hybridized carbons (Fsp3) is 0.909. The summed E-state index contributed by atoms with van der Waals surface area (Å²) in [5, 5.41) is 0. The molecule has 1 rings (SSSR count). The molecule has 82 valence electrons. The van der Waals surface area contributed by atoms with Gasteiger partial charge in [-0.15, -0.1) is 11.6 Å². The van der Waals surface area contributed by atoms with Crippen molar-refractivity contribution in [1.82, 2.24) is 0 Å². The van der Waals surface area contributed by atoms with Crippen LogP contribution in [-0.2, 0) is 4.74 Å². The standard InChI is InChI=1S/C11H20ClNO/c1-10(2,3)8-6-14-9(13-8)11(4,5)7-12/h8H,6-7H2,1-5H3/t8-/m1/s1. The summed E-state index contributed by atoms with van der Waals surface area (Å²) >= 11 is 5.87. The van der Waals surface area contributed by atoms with Crippen molar-refractivity contribution in [2.24, 2.45) is 15.8 Å². The van der Waals surface area contributed by atoms with E-state index in [0.717, 1.165) is 5.90 Å². The maximum atomic E-state index is 5.87. The third-order valence-corrected chi connectivity index (χ3v) is 3.23. The fourth-order valence-corrected chi connectivity index (χ4v) is 1.36. The van der Waals surface area contributed by atoms with Crippen molar-refractivity contribution in [1.29, 1.82) is 0 Å². The first-order valence-corrected chi connectivity index (χ1v) is 5.58. The highest BCUT2D eigenvalue weighted by molar-refractivity contribution is 6.19. The summed E-state index contributed by atoms with van der Waals surface area (Å²) in [6, 6.07) is 0.264. The number of alkyl halides is 1. The third kappa shape index (κ3) is 2.41. The molecule has 2 nitrogen and oxygen atoms in total. The monoisotopic (exact) mass is 217 g/mol. The van der Waals surface area contributed by atoms with Gasteiger partial charge in [-0.2, -0.15) is 0 Å². The molecule has 0 radical (unpaired) electrons. The van der Waals surface area contributed by atoms with Crippen molar-refractivity contribution in [3.8, 4) is 0 Å². The van der Waals surface area contributed by atoms with Crippen LogP contribution in [0.25, 0.3) is 0 Å². The topological polar surface area (TPSA) is 21.6 Å². The summed E-state index contributed by atoms with van der Waals surface area (Å²) < 4.78 is 5.61. The van der Waals surface area contributed by atoms with Crippen LogP contribution >= 0.6 is 11.6 Å². The minimum atomic E-state index is -0.137. The van der Waals surface area contributed by atoms with E-state index in [1.165, 1.54) is 0 Å². The van der Waals surface area contributed by atoms with E-state index in [2.05, 4.69) is 39.6 Å². The summed E-state index contributed by atoms with van der Waals surface area (Å²) in [4.78, 5) is 4.61. The fourth-order valence-electron chi connectivity index (χ4n) is 1.24. The van der Waals surface area contributed by atoms with E-state index in [4.69, 9.17) is 16.3 Å². The van der Waals surface area contributed by atoms with Gasteiger partial charge in [0.2, 0.25) is 0 Å². The maximum Gasteiger partial charge on any atom is 0.190 e. The van der Waals surface area contributed by atoms with Crippen LogP contribution in [0, 0.1) is 10.8 Å². The zero-order chi connectivity index (χ0) is 11.0. The number of nitrogens with zero attached hydrogens (tertiary/aromatic N) is 1. The smallest absolute Gasteiger partial charge is 0.190 e. The Bertz CT molecular complexity index is 240. The van der Waals surface area contributed by atoms with Crippen molar-refractivity contribution in [2.75, 3.05) is 12.5 Å². The zero-order valence-electron chi connectivity index (χ0n) is 9.72. The molecule has 0 aliphatic carbocycles. The molecule has 0 saturated carbocycles. The van der Waals surface area contributed by atoms with E-state index in [9.17, 15) is 0 Å². The Kier molecular flexibility index (Phi) is 3.15. The molecular weight excluding hydrogens is 198 g/mol. The van der Waals surface area contributed by atoms with Crippen LogP contribution in [-0.4, -0.2) is 24.4 Å². The van der Waals surface area contributed by atoms with Crippen molar-refractivity contribution in [3.05, 3.63) is 0 Å². The molecule has 1 heterocycles. The van der Waals surface area contributed by atoms with Crippen LogP contribution in [0.2, 0.25) is 0 Å². The molecule has 3 heteroatoms. The molecule has 0 saturated heterocycles. The van der Waals surface area contributed by atoms with Crippen molar-refractivity contribution in [3.63, 3.8) is 0 Å². The molecule has 1 aliphatic rings. The Morgan fingerprint density at radius 2 is 1.93 bits per heavy atom. The second kappa shape index (κ2) is 3.73. The lowest BCUT2D eigenvalue weighted by atomic mass is 9.88. The highest BCUT2D eigenvalue weighted by atomic mass is 35.5. The van der Waals surface area contributed by atoms with E-state index in [1.54, 1.807) is 0 Å². The summed E-state index contributed by atoms with van der Waals surface area (Å²) in [6.45, 7) is 11.4. The van der Waals surface area contributed by atoms with Crippen molar-refractivity contribution in [2.45, 2.75) is 40.7 Å². The quantitative estimate of drug-likeness (QED) is 0.652. The van der Waals surface area contributed by atoms with Gasteiger partial charge in [0.05, 0.1) is 11.5 Å². The lowest BCUT2D eigenvalue weighted by Gasteiger charge is -2.22. The molecule has 0 fully saturated rings. The number of ether oxygens (including phenoxy) is 1. The first-order valence-electron chi connectivity index (χ1n) is 5.04. The van der Waals surface area contributed by atoms with Crippen LogP contribution in [0.4, 0.5) is 0 Å². The van der Waals surface area contributed by atoms with E-state index in [1.807, 2.05) is 0 Å². The zero-order valence-corrected chi connectivity index (χ0v) is 10.5. The predicted octanol–water partition coefficient (Wildman–Crippen LogP) is 3.09. The molecule has 14 heavy (non-hydrogen) atoms. The number of aliphatic imine (C=N–C) groups is 1. The molecule has 0 aromatic carbocycles. The molecular formula is C11H20ClNO. The number of halogens is 1. The third-order valence-electron chi connectivity index (χ3n) is 2.56. The summed E-state index contributed by atoms with van der Waals surface area (Å²) in [7, 11) is 0. The van der Waals surface area contributed by atoms with Crippen LogP contribution < -0.4 is 0 Å². The van der Waals surface area contributed by atoms with E-state index in [0.29, 0.717) is 12.5 Å². The molecule has 0 aromatic rings. The summed E-state index contributed by atoms with van der Waals surface area (Å²) in [5.74, 6) is 1.36. The van der Waals surface area contributed by atoms with Gasteiger partial charge in [-0.3, -0.25) is 0 Å². The summed E-state index contributed by atoms with van der Waals surface area (Å²) in [5.41, 5.74) is 0.0334. The predicted molar refractivity (Wildman–Crippen MR) is 61.1 cm³/mol. The highest BCUT2D eigenvalue weighted by Gasteiger charge is 2.36. The number of hydrogen-bond acceptors (Lipinski definition) is 2. The largest absolute Gasteiger partial charge is 0.478 e. The van der Waals surface area contributed by atoms with Crippen LogP contribution in [0.15, 0.2) is 4.99 Å². The van der Waals surface area contributed by atoms with Gasteiger partial charge in [-0.05, 0) is 19.3 Å². The van der Waals surface area contributed by atoms with E-state index < -0.39 is 0 Å². The van der Waals surface area contributed by atoms with E-state index >= 15 is 0 Å². The molecule has 0 unspecified atom stereocenters. The van der Waals surface area contributed by atoms with Gasteiger partial charge < -0.3 is 4.74 Å². The number of rotatable bonds is 2. The van der Waals surface area contributed by atoms with Crippen molar-refractivity contribution < 1.29 is 4.74 Å². The molecule has 1 atom stereocenters. The SMILES string of the molecule is CC(C)(CCl)C1=N[C@@H](C(C)(C)C)CO1. The average Bonchev–Trinajstić information content (AvgIpc) is 2.51. The van der Waals surface area contributed by atoms with Gasteiger partial charge in [0.25, 0.3) is 0 Å². The second-order valence-corrected chi connectivity index (χ2v) is 5.91. The van der Waals surface area contributed by atoms with Crippen LogP contribution in [0.5, 0.6) is 0 Å². The molecule has 1 aliphatic heterocycles. The highest BCUT2D eigenvalue weighted by Crippen LogP contribution is 2.31. The first-order chi connectivity index (χ1) is 6.27. The Balaban J connectivity index is 2.78. The minimum absolute atomic E-state index is 0.137. The van der Waals surface area contributed by atoms with Gasteiger partial charge in [-0.25, -0.2) is 4.99 Å². The first kappa shape index (κ1) is 11.8. The van der Waals surface area contributed by atoms with Gasteiger partial charge in [0.1, 0.15) is 6.61 Å². The normalized spacial score (nSPS) is 23.3. The van der Waals surface area contributed by atoms with Gasteiger partial charge in [-0.1, -0.05) is 20.8 Å². The number of hydrogen-bond donors (Lipinski definition) is 0. The lowest BCUT2D eigenvalue weighted by molar-refractivity contribution is 0.223. The molecule has 0 bridgehead atoms. The minimum Gasteiger partial charge on any atom is -0.478 e. The lowest BCUT2D eigenvalue weighted by Crippen LogP contribution is -2.26.